The van der Waals surface area contributed by atoms with Crippen molar-refractivity contribution >= 4 is 46.1 Å². The third-order valence-corrected chi connectivity index (χ3v) is 11.6. The number of fused-ring (bicyclic) bond motifs is 1. The Morgan fingerprint density at radius 1 is 0.711 bits per heavy atom. The fourth-order valence-corrected chi connectivity index (χ4v) is 10.1. The van der Waals surface area contributed by atoms with Crippen LogP contribution in [0.15, 0.2) is 127 Å². The van der Waals surface area contributed by atoms with Gasteiger partial charge in [0.2, 0.25) is 17.3 Å². The third kappa shape index (κ3) is 6.45. The van der Waals surface area contributed by atoms with Crippen molar-refractivity contribution in [3.63, 3.8) is 0 Å². The van der Waals surface area contributed by atoms with Crippen LogP contribution in [0, 0.1) is 0 Å². The van der Waals surface area contributed by atoms with Gasteiger partial charge in [-0.3, -0.25) is 4.57 Å². The Morgan fingerprint density at radius 3 is 1.58 bits per heavy atom. The number of ether oxygens (including phenoxy) is 2. The lowest BCUT2D eigenvalue weighted by molar-refractivity contribution is -0.157. The molecule has 4 aromatic carbocycles. The second kappa shape index (κ2) is 12.4. The number of benzene rings is 4. The molecule has 0 radical (unpaired) electrons. The first-order chi connectivity index (χ1) is 21.3. The highest BCUT2D eigenvalue weighted by Crippen LogP contribution is 2.67. The van der Waals surface area contributed by atoms with Crippen LogP contribution in [0.4, 0.5) is 5.95 Å². The third-order valence-electron chi connectivity index (χ3n) is 7.18. The van der Waals surface area contributed by atoms with Crippen LogP contribution < -0.4 is 21.6 Å². The van der Waals surface area contributed by atoms with E-state index in [9.17, 15) is 9.90 Å². The van der Waals surface area contributed by atoms with Crippen molar-refractivity contribution in [2.75, 3.05) is 5.73 Å². The molecule has 1 heterocycles. The summed E-state index contributed by atoms with van der Waals surface area (Å²) < 4.78 is 14.2. The van der Waals surface area contributed by atoms with Gasteiger partial charge in [0, 0.05) is 0 Å². The first kappa shape index (κ1) is 31.8. The zero-order valence-corrected chi connectivity index (χ0v) is 27.5. The van der Waals surface area contributed by atoms with Crippen molar-refractivity contribution in [1.29, 1.82) is 0 Å². The minimum atomic E-state index is -3.12. The summed E-state index contributed by atoms with van der Waals surface area (Å²) in [6.07, 6.45) is 0. The minimum absolute atomic E-state index is 0.111. The summed E-state index contributed by atoms with van der Waals surface area (Å²) in [4.78, 5) is 19.4. The van der Waals surface area contributed by atoms with E-state index in [2.05, 4.69) is 4.98 Å². The van der Waals surface area contributed by atoms with Crippen LogP contribution in [0.25, 0.3) is 11.0 Å². The van der Waals surface area contributed by atoms with E-state index < -0.39 is 30.5 Å². The number of nitrogens with two attached hydrogens (primary N) is 1. The molecular weight excluding hydrogens is 581 g/mol. The Morgan fingerprint density at radius 2 is 1.13 bits per heavy atom. The number of aliphatic hydroxyl groups excluding tert-OH is 1. The Hall–Kier alpha value is -4.61. The Kier molecular flexibility index (Phi) is 8.77. The molecule has 1 atom stereocenters. The number of hydrogen-bond acceptors (Lipinski definition) is 6. The van der Waals surface area contributed by atoms with Gasteiger partial charge < -0.3 is 20.3 Å². The molecule has 0 amide bonds. The van der Waals surface area contributed by atoms with Gasteiger partial charge in [-0.2, -0.15) is 0 Å². The SMILES string of the molecule is CC(C)(C)OC(=O)C(/C(=C(/O)OC(C)(C)C)[P+](c1ccccc1)(c1ccccc1)c1ccccc1)n1c(N)nc2ccccc21. The van der Waals surface area contributed by atoms with Gasteiger partial charge in [-0.25, -0.2) is 9.78 Å². The second-order valence-corrected chi connectivity index (χ2v) is 16.2. The Labute approximate surface area is 265 Å². The molecule has 232 valence electrons. The van der Waals surface area contributed by atoms with Crippen molar-refractivity contribution in [1.82, 2.24) is 9.55 Å². The Bertz CT molecular complexity index is 1710. The van der Waals surface area contributed by atoms with E-state index in [0.717, 1.165) is 15.9 Å². The molecule has 0 fully saturated rings. The van der Waals surface area contributed by atoms with Crippen molar-refractivity contribution < 1.29 is 19.4 Å². The highest BCUT2D eigenvalue weighted by molar-refractivity contribution is 7.99. The molecule has 3 N–H and O–H groups in total. The van der Waals surface area contributed by atoms with E-state index in [1.165, 1.54) is 0 Å². The second-order valence-electron chi connectivity index (χ2n) is 12.8. The average molecular weight is 623 g/mol. The van der Waals surface area contributed by atoms with Gasteiger partial charge in [0.25, 0.3) is 0 Å². The molecule has 0 saturated carbocycles. The number of para-hydroxylation sites is 2. The maximum atomic E-state index is 14.8. The molecule has 0 aliphatic carbocycles. The quantitative estimate of drug-likeness (QED) is 0.109. The molecule has 0 spiro atoms. The average Bonchev–Trinajstić information content (AvgIpc) is 3.32. The summed E-state index contributed by atoms with van der Waals surface area (Å²) in [6, 6.07) is 36.1. The number of nitrogens with zero attached hydrogens (tertiary/aromatic N) is 2. The lowest BCUT2D eigenvalue weighted by Crippen LogP contribution is -2.40. The summed E-state index contributed by atoms with van der Waals surface area (Å²) in [5, 5.41) is 15.5. The number of aromatic nitrogens is 2. The van der Waals surface area contributed by atoms with Crippen LogP contribution in [0.2, 0.25) is 0 Å². The monoisotopic (exact) mass is 622 g/mol. The molecule has 0 aliphatic rings. The molecular formula is C37H41N3O4P+. The largest absolute Gasteiger partial charge is 0.478 e. The van der Waals surface area contributed by atoms with Crippen molar-refractivity contribution in [3.8, 4) is 0 Å². The molecule has 0 aliphatic heterocycles. The number of imidazole rings is 1. The van der Waals surface area contributed by atoms with Gasteiger partial charge in [-0.05, 0) is 90.1 Å². The number of nitrogen functional groups attached to an aromatic ring is 1. The van der Waals surface area contributed by atoms with E-state index >= 15 is 0 Å². The normalized spacial score (nSPS) is 13.6. The number of anilines is 1. The maximum Gasteiger partial charge on any atom is 0.338 e. The Balaban J connectivity index is 2.03. The predicted octanol–water partition coefficient (Wildman–Crippen LogP) is 7.04. The van der Waals surface area contributed by atoms with Crippen LogP contribution in [-0.4, -0.2) is 31.8 Å². The number of hydrogen-bond donors (Lipinski definition) is 2. The van der Waals surface area contributed by atoms with Crippen LogP contribution in [0.1, 0.15) is 47.6 Å². The molecule has 1 unspecified atom stereocenters. The molecule has 7 nitrogen and oxygen atoms in total. The summed E-state index contributed by atoms with van der Waals surface area (Å²) >= 11 is 0. The fourth-order valence-electron chi connectivity index (χ4n) is 5.64. The number of aliphatic hydroxyl groups is 1. The molecule has 0 bridgehead atoms. The van der Waals surface area contributed by atoms with Gasteiger partial charge in [0.05, 0.1) is 11.0 Å². The van der Waals surface area contributed by atoms with Crippen LogP contribution in [-0.2, 0) is 14.3 Å². The van der Waals surface area contributed by atoms with Crippen molar-refractivity contribution in [2.45, 2.75) is 58.8 Å². The standard InChI is InChI=1S/C37H40N3O4P/c1-36(2,3)43-33(41)31(40-30-25-17-16-24-29(30)39-35(40)38)32(34(42)44-37(4,5)6)45(26-18-10-7-11-19-26,27-20-12-8-13-21-27)28-22-14-9-15-23-28/h7-25,31H,1-6H3,(H2-,38,39,42)/p+1/b34-32+. The van der Waals surface area contributed by atoms with E-state index in [1.807, 2.05) is 157 Å². The molecule has 5 aromatic rings. The maximum absolute atomic E-state index is 14.8. The molecule has 1 aromatic heterocycles. The van der Waals surface area contributed by atoms with E-state index in [-0.39, 0.29) is 11.9 Å². The molecule has 8 heteroatoms. The summed E-state index contributed by atoms with van der Waals surface area (Å²) in [5.74, 6) is -0.843. The minimum Gasteiger partial charge on any atom is -0.478 e. The summed E-state index contributed by atoms with van der Waals surface area (Å²) in [7, 11) is -3.12. The zero-order valence-electron chi connectivity index (χ0n) is 26.6. The lowest BCUT2D eigenvalue weighted by Gasteiger charge is -2.35. The number of carbonyl (C=O) groups excluding carboxylic acids is 1. The van der Waals surface area contributed by atoms with E-state index in [0.29, 0.717) is 16.3 Å². The van der Waals surface area contributed by atoms with Gasteiger partial charge >= 0.3 is 11.9 Å². The van der Waals surface area contributed by atoms with Crippen molar-refractivity contribution in [3.05, 3.63) is 127 Å². The van der Waals surface area contributed by atoms with Gasteiger partial charge in [0.15, 0.2) is 7.26 Å². The van der Waals surface area contributed by atoms with Gasteiger partial charge in [-0.1, -0.05) is 66.7 Å². The van der Waals surface area contributed by atoms with Crippen LogP contribution >= 0.6 is 7.26 Å². The fraction of sp³-hybridized carbons (Fsp3) is 0.243. The topological polar surface area (TPSA) is 99.6 Å². The number of rotatable bonds is 8. The smallest absolute Gasteiger partial charge is 0.338 e. The highest BCUT2D eigenvalue weighted by Gasteiger charge is 2.58. The van der Waals surface area contributed by atoms with Crippen LogP contribution in [0.3, 0.4) is 0 Å². The lowest BCUT2D eigenvalue weighted by atomic mass is 10.1. The van der Waals surface area contributed by atoms with Crippen LogP contribution in [0.5, 0.6) is 0 Å². The first-order valence-electron chi connectivity index (χ1n) is 15.0. The number of carbonyl (C=O) groups is 1. The zero-order chi connectivity index (χ0) is 32.4. The summed E-state index contributed by atoms with van der Waals surface area (Å²) in [6.45, 7) is 11.0. The van der Waals surface area contributed by atoms with Crippen molar-refractivity contribution in [2.24, 2.45) is 0 Å². The molecule has 0 saturated heterocycles. The van der Waals surface area contributed by atoms with E-state index in [4.69, 9.17) is 15.2 Å². The molecule has 5 rings (SSSR count). The number of esters is 1. The first-order valence-corrected chi connectivity index (χ1v) is 16.8. The predicted molar refractivity (Wildman–Crippen MR) is 185 cm³/mol. The van der Waals surface area contributed by atoms with Gasteiger partial charge in [-0.15, -0.1) is 0 Å². The molecule has 45 heavy (non-hydrogen) atoms. The highest BCUT2D eigenvalue weighted by atomic mass is 31.2. The summed E-state index contributed by atoms with van der Waals surface area (Å²) in [5.41, 5.74) is 6.27. The van der Waals surface area contributed by atoms with Gasteiger partial charge in [0.1, 0.15) is 27.1 Å². The van der Waals surface area contributed by atoms with E-state index in [1.54, 1.807) is 4.57 Å².